The van der Waals surface area contributed by atoms with Crippen molar-refractivity contribution in [2.45, 2.75) is 38.2 Å². The van der Waals surface area contributed by atoms with Gasteiger partial charge in [0.25, 0.3) is 5.91 Å². The van der Waals surface area contributed by atoms with Gasteiger partial charge < -0.3 is 20.3 Å². The molecule has 2 fully saturated rings. The van der Waals surface area contributed by atoms with Crippen molar-refractivity contribution in [1.82, 2.24) is 10.2 Å². The van der Waals surface area contributed by atoms with Crippen LogP contribution in [0.25, 0.3) is 0 Å². The molecule has 0 bridgehead atoms. The fourth-order valence-corrected chi connectivity index (χ4v) is 3.54. The molecule has 2 aliphatic rings. The van der Waals surface area contributed by atoms with Gasteiger partial charge in [-0.15, -0.1) is 0 Å². The second-order valence-corrected chi connectivity index (χ2v) is 7.10. The first-order valence-corrected chi connectivity index (χ1v) is 9.16. The molecule has 2 aliphatic heterocycles. The number of carbonyl (C=O) groups excluding carboxylic acids is 3. The lowest BCUT2D eigenvalue weighted by Crippen LogP contribution is -2.36. The fraction of sp³-hybridized carbons (Fsp3) is 0.500. The summed E-state index contributed by atoms with van der Waals surface area (Å²) in [6, 6.07) is 4.86. The van der Waals surface area contributed by atoms with E-state index >= 15 is 0 Å². The van der Waals surface area contributed by atoms with Crippen LogP contribution in [0.1, 0.15) is 43.0 Å². The Morgan fingerprint density at radius 1 is 1.35 bits per heavy atom. The van der Waals surface area contributed by atoms with E-state index in [0.29, 0.717) is 48.7 Å². The minimum atomic E-state index is -0.522. The van der Waals surface area contributed by atoms with E-state index in [-0.39, 0.29) is 11.8 Å². The number of rotatable bonds is 3. The largest absolute Gasteiger partial charge is 0.441 e. The van der Waals surface area contributed by atoms with Crippen LogP contribution < -0.4 is 10.6 Å². The molecule has 1 unspecified atom stereocenters. The summed E-state index contributed by atoms with van der Waals surface area (Å²) >= 11 is 6.02. The molecular formula is C18H22ClN3O4. The van der Waals surface area contributed by atoms with Crippen molar-refractivity contribution in [3.63, 3.8) is 0 Å². The van der Waals surface area contributed by atoms with Gasteiger partial charge in [-0.1, -0.05) is 18.5 Å². The molecule has 26 heavy (non-hydrogen) atoms. The number of hydrogen-bond donors (Lipinski definition) is 2. The molecular weight excluding hydrogens is 358 g/mol. The van der Waals surface area contributed by atoms with Crippen molar-refractivity contribution in [3.05, 3.63) is 28.8 Å². The van der Waals surface area contributed by atoms with Gasteiger partial charge >= 0.3 is 6.09 Å². The number of benzene rings is 1. The molecule has 2 saturated heterocycles. The predicted octanol–water partition coefficient (Wildman–Crippen LogP) is 2.79. The minimum Gasteiger partial charge on any atom is -0.441 e. The van der Waals surface area contributed by atoms with E-state index in [4.69, 9.17) is 16.3 Å². The lowest BCUT2D eigenvalue weighted by Gasteiger charge is -2.25. The average Bonchev–Trinajstić information content (AvgIpc) is 2.85. The second kappa shape index (κ2) is 7.53. The third-order valence-corrected chi connectivity index (χ3v) is 5.09. The van der Waals surface area contributed by atoms with Gasteiger partial charge in [-0.2, -0.15) is 0 Å². The van der Waals surface area contributed by atoms with Crippen molar-refractivity contribution in [3.8, 4) is 0 Å². The summed E-state index contributed by atoms with van der Waals surface area (Å²) in [4.78, 5) is 37.9. The molecule has 0 saturated carbocycles. The average molecular weight is 380 g/mol. The number of halogens is 1. The molecule has 0 aliphatic carbocycles. The van der Waals surface area contributed by atoms with Gasteiger partial charge in [0.1, 0.15) is 5.60 Å². The molecule has 3 rings (SSSR count). The van der Waals surface area contributed by atoms with Gasteiger partial charge in [-0.25, -0.2) is 4.79 Å². The molecule has 1 spiro atoms. The molecule has 1 atom stereocenters. The van der Waals surface area contributed by atoms with Crippen molar-refractivity contribution in [1.29, 1.82) is 0 Å². The SMILES string of the molecule is CCC(=O)Nc1cc(Cl)ccc1C(=O)N1CCCC2(CC1)CNC(=O)O2. The summed E-state index contributed by atoms with van der Waals surface area (Å²) in [5.41, 5.74) is 0.307. The summed E-state index contributed by atoms with van der Waals surface area (Å²) in [7, 11) is 0. The van der Waals surface area contributed by atoms with Crippen LogP contribution in [0.2, 0.25) is 5.02 Å². The highest BCUT2D eigenvalue weighted by Crippen LogP contribution is 2.31. The number of hydrogen-bond acceptors (Lipinski definition) is 4. The predicted molar refractivity (Wildman–Crippen MR) is 97.3 cm³/mol. The maximum absolute atomic E-state index is 13.0. The van der Waals surface area contributed by atoms with Gasteiger partial charge in [-0.05, 0) is 31.0 Å². The van der Waals surface area contributed by atoms with Crippen LogP contribution in [0.5, 0.6) is 0 Å². The van der Waals surface area contributed by atoms with E-state index in [0.717, 1.165) is 12.8 Å². The number of alkyl carbamates (subject to hydrolysis) is 1. The topological polar surface area (TPSA) is 87.7 Å². The summed E-state index contributed by atoms with van der Waals surface area (Å²) in [6.45, 7) is 3.28. The number of nitrogens with zero attached hydrogens (tertiary/aromatic N) is 1. The molecule has 3 amide bonds. The normalized spacial score (nSPS) is 22.5. The number of carbonyl (C=O) groups is 3. The smallest absolute Gasteiger partial charge is 0.407 e. The Kier molecular flexibility index (Phi) is 5.36. The molecule has 1 aromatic carbocycles. The Morgan fingerprint density at radius 2 is 2.15 bits per heavy atom. The summed E-state index contributed by atoms with van der Waals surface area (Å²) in [6.07, 6.45) is 1.96. The summed E-state index contributed by atoms with van der Waals surface area (Å²) in [5, 5.41) is 5.89. The third kappa shape index (κ3) is 3.93. The maximum Gasteiger partial charge on any atom is 0.407 e. The van der Waals surface area contributed by atoms with Crippen molar-refractivity contribution >= 4 is 35.2 Å². The van der Waals surface area contributed by atoms with E-state index in [9.17, 15) is 14.4 Å². The highest BCUT2D eigenvalue weighted by molar-refractivity contribution is 6.31. The molecule has 0 aromatic heterocycles. The van der Waals surface area contributed by atoms with Crippen molar-refractivity contribution in [2.24, 2.45) is 0 Å². The molecule has 1 aromatic rings. The van der Waals surface area contributed by atoms with Gasteiger partial charge in [0.2, 0.25) is 5.91 Å². The first kappa shape index (κ1) is 18.5. The Hall–Kier alpha value is -2.28. The number of ether oxygens (including phenoxy) is 1. The maximum atomic E-state index is 13.0. The Morgan fingerprint density at radius 3 is 2.85 bits per heavy atom. The van der Waals surface area contributed by atoms with Crippen LogP contribution in [0.3, 0.4) is 0 Å². The second-order valence-electron chi connectivity index (χ2n) is 6.66. The van der Waals surface area contributed by atoms with Crippen LogP contribution in [0.15, 0.2) is 18.2 Å². The standard InChI is InChI=1S/C18H22ClN3O4/c1-2-15(23)21-14-10-12(19)4-5-13(14)16(24)22-8-3-6-18(7-9-22)11-20-17(25)26-18/h4-5,10H,2-3,6-9,11H2,1H3,(H,20,25)(H,21,23). The molecule has 7 nitrogen and oxygen atoms in total. The highest BCUT2D eigenvalue weighted by Gasteiger charge is 2.42. The molecule has 2 heterocycles. The molecule has 2 N–H and O–H groups in total. The number of anilines is 1. The van der Waals surface area contributed by atoms with Crippen LogP contribution in [0.4, 0.5) is 10.5 Å². The van der Waals surface area contributed by atoms with Crippen molar-refractivity contribution < 1.29 is 19.1 Å². The van der Waals surface area contributed by atoms with Gasteiger partial charge in [-0.3, -0.25) is 9.59 Å². The molecule has 0 radical (unpaired) electrons. The van der Waals surface area contributed by atoms with Gasteiger partial charge in [0, 0.05) is 31.0 Å². The number of likely N-dealkylation sites (tertiary alicyclic amines) is 1. The van der Waals surface area contributed by atoms with E-state index in [2.05, 4.69) is 10.6 Å². The fourth-order valence-electron chi connectivity index (χ4n) is 3.37. The monoisotopic (exact) mass is 379 g/mol. The number of amides is 3. The summed E-state index contributed by atoms with van der Waals surface area (Å²) in [5.74, 6) is -0.345. The van der Waals surface area contributed by atoms with Crippen LogP contribution >= 0.6 is 11.6 Å². The zero-order valence-corrected chi connectivity index (χ0v) is 15.4. The van der Waals surface area contributed by atoms with Crippen LogP contribution in [-0.2, 0) is 9.53 Å². The van der Waals surface area contributed by atoms with E-state index in [1.54, 1.807) is 30.0 Å². The van der Waals surface area contributed by atoms with Gasteiger partial charge in [0.15, 0.2) is 0 Å². The quantitative estimate of drug-likeness (QED) is 0.845. The van der Waals surface area contributed by atoms with Crippen LogP contribution in [0, 0.1) is 0 Å². The first-order valence-electron chi connectivity index (χ1n) is 8.78. The minimum absolute atomic E-state index is 0.164. The molecule has 140 valence electrons. The van der Waals surface area contributed by atoms with E-state index in [1.165, 1.54) is 0 Å². The summed E-state index contributed by atoms with van der Waals surface area (Å²) < 4.78 is 5.45. The van der Waals surface area contributed by atoms with Crippen LogP contribution in [-0.4, -0.2) is 48.0 Å². The lowest BCUT2D eigenvalue weighted by atomic mass is 9.95. The Balaban J connectivity index is 1.77. The highest BCUT2D eigenvalue weighted by atomic mass is 35.5. The van der Waals surface area contributed by atoms with Gasteiger partial charge in [0.05, 0.1) is 17.8 Å². The lowest BCUT2D eigenvalue weighted by molar-refractivity contribution is -0.115. The van der Waals surface area contributed by atoms with Crippen molar-refractivity contribution in [2.75, 3.05) is 25.0 Å². The Bertz CT molecular complexity index is 739. The third-order valence-electron chi connectivity index (χ3n) is 4.86. The zero-order valence-electron chi connectivity index (χ0n) is 14.6. The first-order chi connectivity index (χ1) is 12.4. The van der Waals surface area contributed by atoms with E-state index in [1.807, 2.05) is 0 Å². The number of nitrogens with one attached hydrogen (secondary N) is 2. The molecule has 8 heteroatoms. The van der Waals surface area contributed by atoms with E-state index < -0.39 is 11.7 Å². The Labute approximate surface area is 157 Å². The zero-order chi connectivity index (χ0) is 18.7.